The van der Waals surface area contributed by atoms with Crippen LogP contribution in [0.5, 0.6) is 0 Å². The second-order valence-electron chi connectivity index (χ2n) is 6.39. The van der Waals surface area contributed by atoms with E-state index in [-0.39, 0.29) is 0 Å². The zero-order valence-electron chi connectivity index (χ0n) is 14.4. The number of aromatic nitrogens is 4. The smallest absolute Gasteiger partial charge is 0.346 e. The number of rotatable bonds is 4. The van der Waals surface area contributed by atoms with Gasteiger partial charge in [0.2, 0.25) is 0 Å². The molecule has 0 aliphatic heterocycles. The van der Waals surface area contributed by atoms with Crippen molar-refractivity contribution >= 4 is 22.6 Å². The molecule has 4 aromatic rings. The average molecular weight is 402 g/mol. The van der Waals surface area contributed by atoms with Gasteiger partial charge in [0.15, 0.2) is 0 Å². The largest absolute Gasteiger partial charge is 0.417 e. The fourth-order valence-electron chi connectivity index (χ4n) is 2.99. The summed E-state index contributed by atoms with van der Waals surface area (Å²) >= 11 is 5.80. The van der Waals surface area contributed by atoms with Crippen molar-refractivity contribution in [1.29, 1.82) is 0 Å². The molecule has 8 heteroatoms. The van der Waals surface area contributed by atoms with Gasteiger partial charge < -0.3 is 4.98 Å². The molecule has 0 spiro atoms. The highest BCUT2D eigenvalue weighted by Gasteiger charge is 2.31. The molecule has 141 valence electrons. The van der Waals surface area contributed by atoms with Crippen molar-refractivity contribution in [2.75, 3.05) is 0 Å². The topological polar surface area (TPSA) is 54.5 Å². The van der Waals surface area contributed by atoms with E-state index < -0.39 is 11.7 Å². The quantitative estimate of drug-likeness (QED) is 0.489. The zero-order valence-corrected chi connectivity index (χ0v) is 15.1. The van der Waals surface area contributed by atoms with Gasteiger partial charge in [-0.25, -0.2) is 9.97 Å². The molecule has 4 heterocycles. The van der Waals surface area contributed by atoms with E-state index in [4.69, 9.17) is 11.6 Å². The molecule has 0 aliphatic rings. The molecule has 28 heavy (non-hydrogen) atoms. The van der Waals surface area contributed by atoms with Crippen LogP contribution in [0, 0.1) is 6.20 Å². The Morgan fingerprint density at radius 2 is 1.86 bits per heavy atom. The third-order valence-corrected chi connectivity index (χ3v) is 4.54. The summed E-state index contributed by atoms with van der Waals surface area (Å²) in [6.07, 6.45) is 5.37. The van der Waals surface area contributed by atoms with Crippen LogP contribution in [0.3, 0.4) is 0 Å². The summed E-state index contributed by atoms with van der Waals surface area (Å²) < 4.78 is 39.0. The van der Waals surface area contributed by atoms with E-state index in [1.54, 1.807) is 24.7 Å². The molecular weight excluding hydrogens is 389 g/mol. The van der Waals surface area contributed by atoms with Gasteiger partial charge in [0, 0.05) is 43.0 Å². The van der Waals surface area contributed by atoms with Crippen LogP contribution >= 0.6 is 11.6 Å². The van der Waals surface area contributed by atoms with E-state index >= 15 is 0 Å². The highest BCUT2D eigenvalue weighted by atomic mass is 35.5. The van der Waals surface area contributed by atoms with Crippen LogP contribution in [-0.2, 0) is 19.0 Å². The Morgan fingerprint density at radius 3 is 2.61 bits per heavy atom. The maximum Gasteiger partial charge on any atom is 0.417 e. The van der Waals surface area contributed by atoms with Gasteiger partial charge in [-0.1, -0.05) is 23.7 Å². The van der Waals surface area contributed by atoms with E-state index in [1.807, 2.05) is 12.1 Å². The molecule has 4 nitrogen and oxygen atoms in total. The van der Waals surface area contributed by atoms with Crippen molar-refractivity contribution in [1.82, 2.24) is 19.9 Å². The fraction of sp³-hybridized carbons (Fsp3) is 0.150. The summed E-state index contributed by atoms with van der Waals surface area (Å²) in [7, 11) is 0. The molecule has 0 atom stereocenters. The number of nitrogens with zero attached hydrogens (tertiary/aromatic N) is 3. The Labute approximate surface area is 163 Å². The number of nitrogens with one attached hydrogen (secondary N) is 1. The predicted molar refractivity (Wildman–Crippen MR) is 99.0 cm³/mol. The SMILES string of the molecule is FC(F)(F)c1cnc2[nH]cc(Cc3cn[c]c(Cc4ccc(Cl)nc4)c3)c2c1. The normalized spacial score (nSPS) is 11.9. The minimum absolute atomic E-state index is 0.422. The molecule has 0 amide bonds. The Morgan fingerprint density at radius 1 is 1.00 bits per heavy atom. The molecule has 4 aromatic heterocycles. The van der Waals surface area contributed by atoms with Crippen LogP contribution < -0.4 is 0 Å². The highest BCUT2D eigenvalue weighted by Crippen LogP contribution is 2.31. The minimum atomic E-state index is -4.43. The van der Waals surface area contributed by atoms with E-state index in [0.717, 1.165) is 34.5 Å². The lowest BCUT2D eigenvalue weighted by Crippen LogP contribution is -2.05. The summed E-state index contributed by atoms with van der Waals surface area (Å²) in [6, 6.07) is 6.64. The van der Waals surface area contributed by atoms with Gasteiger partial charge in [-0.2, -0.15) is 13.2 Å². The van der Waals surface area contributed by atoms with E-state index in [1.165, 1.54) is 0 Å². The third kappa shape index (κ3) is 3.99. The lowest BCUT2D eigenvalue weighted by atomic mass is 10.0. The molecule has 0 aliphatic carbocycles. The van der Waals surface area contributed by atoms with Crippen molar-refractivity contribution in [2.24, 2.45) is 0 Å². The second kappa shape index (κ2) is 7.24. The maximum absolute atomic E-state index is 13.0. The fourth-order valence-corrected chi connectivity index (χ4v) is 3.10. The van der Waals surface area contributed by atoms with Gasteiger partial charge in [0.05, 0.1) is 11.8 Å². The molecule has 0 bridgehead atoms. The van der Waals surface area contributed by atoms with Gasteiger partial charge in [0.1, 0.15) is 10.8 Å². The van der Waals surface area contributed by atoms with Crippen molar-refractivity contribution in [3.05, 3.63) is 88.2 Å². The standard InChI is InChI=1S/C20H13ClF3N4/c21-18-2-1-12(9-26-18)3-13-4-14(8-25-7-13)5-15-10-27-19-17(15)6-16(11-28-19)20(22,23)24/h1-2,4,6,8-11H,3,5H2,(H,27,28). The van der Waals surface area contributed by atoms with Crippen molar-refractivity contribution < 1.29 is 13.2 Å². The lowest BCUT2D eigenvalue weighted by molar-refractivity contribution is -0.137. The number of H-pyrrole nitrogens is 1. The number of alkyl halides is 3. The van der Waals surface area contributed by atoms with Gasteiger partial charge >= 0.3 is 6.18 Å². The second-order valence-corrected chi connectivity index (χ2v) is 6.78. The Kier molecular flexibility index (Phi) is 4.77. The first-order valence-electron chi connectivity index (χ1n) is 8.37. The summed E-state index contributed by atoms with van der Waals surface area (Å²) in [4.78, 5) is 15.0. The van der Waals surface area contributed by atoms with Gasteiger partial charge in [0.25, 0.3) is 0 Å². The molecule has 1 N–H and O–H groups in total. The number of fused-ring (bicyclic) bond motifs is 1. The molecule has 0 unspecified atom stereocenters. The van der Waals surface area contributed by atoms with E-state index in [9.17, 15) is 13.2 Å². The van der Waals surface area contributed by atoms with Crippen LogP contribution in [0.4, 0.5) is 13.2 Å². The molecular formula is C20H13ClF3N4. The van der Waals surface area contributed by atoms with Crippen molar-refractivity contribution in [3.8, 4) is 0 Å². The van der Waals surface area contributed by atoms with Crippen LogP contribution in [-0.4, -0.2) is 19.9 Å². The molecule has 0 saturated heterocycles. The Hall–Kier alpha value is -2.93. The van der Waals surface area contributed by atoms with Crippen LogP contribution in [0.1, 0.15) is 27.8 Å². The van der Waals surface area contributed by atoms with E-state index in [2.05, 4.69) is 26.1 Å². The molecule has 0 saturated carbocycles. The maximum atomic E-state index is 13.0. The minimum Gasteiger partial charge on any atom is -0.346 e. The zero-order chi connectivity index (χ0) is 19.7. The van der Waals surface area contributed by atoms with E-state index in [0.29, 0.717) is 29.0 Å². The number of hydrogen-bond acceptors (Lipinski definition) is 3. The van der Waals surface area contributed by atoms with Gasteiger partial charge in [-0.05, 0) is 34.4 Å². The van der Waals surface area contributed by atoms with Crippen LogP contribution in [0.25, 0.3) is 11.0 Å². The Bertz CT molecular complexity index is 1120. The van der Waals surface area contributed by atoms with Crippen LogP contribution in [0.15, 0.2) is 49.1 Å². The average Bonchev–Trinajstić information content (AvgIpc) is 3.05. The number of hydrogen-bond donors (Lipinski definition) is 1. The van der Waals surface area contributed by atoms with Gasteiger partial charge in [-0.3, -0.25) is 4.98 Å². The van der Waals surface area contributed by atoms with Crippen molar-refractivity contribution in [2.45, 2.75) is 19.0 Å². The molecule has 1 radical (unpaired) electrons. The summed E-state index contributed by atoms with van der Waals surface area (Å²) in [5, 5.41) is 0.872. The first-order valence-corrected chi connectivity index (χ1v) is 8.75. The third-order valence-electron chi connectivity index (χ3n) is 4.32. The van der Waals surface area contributed by atoms with Crippen LogP contribution in [0.2, 0.25) is 5.15 Å². The summed E-state index contributed by atoms with van der Waals surface area (Å²) in [5.41, 5.74) is 3.07. The predicted octanol–water partition coefficient (Wildman–Crippen LogP) is 5.01. The summed E-state index contributed by atoms with van der Waals surface area (Å²) in [5.74, 6) is 0. The summed E-state index contributed by atoms with van der Waals surface area (Å²) in [6.45, 7) is 0. The Balaban J connectivity index is 1.60. The highest BCUT2D eigenvalue weighted by molar-refractivity contribution is 6.29. The van der Waals surface area contributed by atoms with Crippen molar-refractivity contribution in [3.63, 3.8) is 0 Å². The molecule has 4 rings (SSSR count). The number of halogens is 4. The molecule has 0 aromatic carbocycles. The number of aromatic amines is 1. The number of pyridine rings is 3. The first kappa shape index (κ1) is 18.4. The lowest BCUT2D eigenvalue weighted by Gasteiger charge is -2.07. The molecule has 0 fully saturated rings. The monoisotopic (exact) mass is 401 g/mol. The first-order chi connectivity index (χ1) is 13.4. The van der Waals surface area contributed by atoms with Gasteiger partial charge in [-0.15, -0.1) is 0 Å².